The molecule has 0 bridgehead atoms. The molecule has 1 heterocycles. The van der Waals surface area contributed by atoms with Crippen molar-refractivity contribution in [1.29, 1.82) is 5.41 Å². The Kier molecular flexibility index (Phi) is 2.65. The van der Waals surface area contributed by atoms with Gasteiger partial charge in [-0.2, -0.15) is 0 Å². The number of halogens is 1. The van der Waals surface area contributed by atoms with Crippen LogP contribution in [0.2, 0.25) is 5.15 Å². The molecule has 0 aliphatic rings. The van der Waals surface area contributed by atoms with Crippen LogP contribution in [0, 0.1) is 5.41 Å². The Bertz CT molecular complexity index is 309. The summed E-state index contributed by atoms with van der Waals surface area (Å²) in [6.07, 6.45) is 2.20. The van der Waals surface area contributed by atoms with E-state index in [0.29, 0.717) is 23.4 Å². The molecule has 0 radical (unpaired) electrons. The summed E-state index contributed by atoms with van der Waals surface area (Å²) >= 11 is 5.68. The first-order chi connectivity index (χ1) is 5.66. The summed E-state index contributed by atoms with van der Waals surface area (Å²) in [7, 11) is 0. The molecule has 0 saturated heterocycles. The van der Waals surface area contributed by atoms with E-state index in [2.05, 4.69) is 4.98 Å². The van der Waals surface area contributed by atoms with Crippen LogP contribution in [-0.4, -0.2) is 10.7 Å². The van der Waals surface area contributed by atoms with E-state index in [1.54, 1.807) is 12.3 Å². The minimum absolute atomic E-state index is 0.269. The number of hydrogen-bond acceptors (Lipinski definition) is 3. The maximum absolute atomic E-state index is 7.55. The number of nitrogens with two attached hydrogens (primary N) is 1. The van der Waals surface area contributed by atoms with E-state index in [-0.39, 0.29) is 5.15 Å². The van der Waals surface area contributed by atoms with Crippen molar-refractivity contribution in [3.63, 3.8) is 0 Å². The lowest BCUT2D eigenvalue weighted by molar-refractivity contribution is 1.23. The third-order valence-electron chi connectivity index (χ3n) is 1.62. The van der Waals surface area contributed by atoms with Gasteiger partial charge in [0.15, 0.2) is 5.15 Å². The zero-order chi connectivity index (χ0) is 9.14. The molecule has 0 saturated carbocycles. The van der Waals surface area contributed by atoms with Crippen LogP contribution < -0.4 is 5.73 Å². The fraction of sp³-hybridized carbons (Fsp3) is 0.250. The van der Waals surface area contributed by atoms with Crippen LogP contribution in [0.3, 0.4) is 0 Å². The molecule has 4 heteroatoms. The van der Waals surface area contributed by atoms with Crippen molar-refractivity contribution < 1.29 is 0 Å². The van der Waals surface area contributed by atoms with Gasteiger partial charge in [0.25, 0.3) is 0 Å². The number of hydrogen-bond donors (Lipinski definition) is 2. The van der Waals surface area contributed by atoms with Crippen molar-refractivity contribution in [2.75, 3.05) is 5.73 Å². The second kappa shape index (κ2) is 3.54. The van der Waals surface area contributed by atoms with Crippen LogP contribution in [0.1, 0.15) is 18.9 Å². The molecule has 64 valence electrons. The van der Waals surface area contributed by atoms with Crippen LogP contribution in [0.25, 0.3) is 0 Å². The van der Waals surface area contributed by atoms with Gasteiger partial charge in [-0.3, -0.25) is 0 Å². The second-order valence-corrected chi connectivity index (χ2v) is 2.75. The smallest absolute Gasteiger partial charge is 0.152 e. The average molecular weight is 184 g/mol. The van der Waals surface area contributed by atoms with Crippen molar-refractivity contribution in [1.82, 2.24) is 4.98 Å². The van der Waals surface area contributed by atoms with Gasteiger partial charge in [-0.05, 0) is 12.5 Å². The fourth-order valence-electron chi connectivity index (χ4n) is 0.901. The van der Waals surface area contributed by atoms with Crippen LogP contribution in [0.15, 0.2) is 12.3 Å². The maximum atomic E-state index is 7.55. The summed E-state index contributed by atoms with van der Waals surface area (Å²) in [5.74, 6) is 0. The molecule has 12 heavy (non-hydrogen) atoms. The van der Waals surface area contributed by atoms with Crippen molar-refractivity contribution in [3.05, 3.63) is 23.0 Å². The largest absolute Gasteiger partial charge is 0.396 e. The van der Waals surface area contributed by atoms with Gasteiger partial charge < -0.3 is 11.1 Å². The van der Waals surface area contributed by atoms with E-state index in [9.17, 15) is 0 Å². The van der Waals surface area contributed by atoms with Gasteiger partial charge in [-0.15, -0.1) is 0 Å². The molecule has 1 rings (SSSR count). The molecular weight excluding hydrogens is 174 g/mol. The molecule has 0 amide bonds. The first-order valence-electron chi connectivity index (χ1n) is 3.64. The molecule has 1 aromatic rings. The molecule has 3 N–H and O–H groups in total. The SMILES string of the molecule is CCC(=N)c1ccnc(Cl)c1N. The Hall–Kier alpha value is -1.09. The molecule has 0 spiro atoms. The van der Waals surface area contributed by atoms with E-state index in [0.717, 1.165) is 0 Å². The highest BCUT2D eigenvalue weighted by molar-refractivity contribution is 6.32. The van der Waals surface area contributed by atoms with E-state index in [1.807, 2.05) is 6.92 Å². The summed E-state index contributed by atoms with van der Waals surface area (Å²) in [4.78, 5) is 3.80. The van der Waals surface area contributed by atoms with Crippen LogP contribution >= 0.6 is 11.6 Å². The summed E-state index contributed by atoms with van der Waals surface area (Å²) in [5, 5.41) is 7.82. The normalized spacial score (nSPS) is 9.83. The minimum Gasteiger partial charge on any atom is -0.396 e. The maximum Gasteiger partial charge on any atom is 0.152 e. The van der Waals surface area contributed by atoms with E-state index in [1.165, 1.54) is 0 Å². The monoisotopic (exact) mass is 183 g/mol. The number of anilines is 1. The van der Waals surface area contributed by atoms with Gasteiger partial charge in [-0.1, -0.05) is 18.5 Å². The van der Waals surface area contributed by atoms with E-state index < -0.39 is 0 Å². The topological polar surface area (TPSA) is 62.8 Å². The summed E-state index contributed by atoms with van der Waals surface area (Å²) in [5.41, 5.74) is 7.18. The summed E-state index contributed by atoms with van der Waals surface area (Å²) < 4.78 is 0. The fourth-order valence-corrected chi connectivity index (χ4v) is 1.06. The van der Waals surface area contributed by atoms with Gasteiger partial charge in [0, 0.05) is 17.5 Å². The van der Waals surface area contributed by atoms with Gasteiger partial charge in [0.2, 0.25) is 0 Å². The number of pyridine rings is 1. The highest BCUT2D eigenvalue weighted by atomic mass is 35.5. The first-order valence-corrected chi connectivity index (χ1v) is 4.02. The highest BCUT2D eigenvalue weighted by Gasteiger charge is 2.06. The summed E-state index contributed by atoms with van der Waals surface area (Å²) in [6, 6.07) is 1.70. The third kappa shape index (κ3) is 1.56. The molecule has 0 aliphatic carbocycles. The third-order valence-corrected chi connectivity index (χ3v) is 1.92. The van der Waals surface area contributed by atoms with Crippen LogP contribution in [0.5, 0.6) is 0 Å². The standard InChI is InChI=1S/C8H10ClN3/c1-2-6(10)5-3-4-12-8(9)7(5)11/h3-4,10H,2,11H2,1H3. The predicted molar refractivity (Wildman–Crippen MR) is 50.8 cm³/mol. The Morgan fingerprint density at radius 3 is 3.00 bits per heavy atom. The second-order valence-electron chi connectivity index (χ2n) is 2.40. The lowest BCUT2D eigenvalue weighted by Crippen LogP contribution is -2.03. The number of aromatic nitrogens is 1. The zero-order valence-corrected chi connectivity index (χ0v) is 7.52. The van der Waals surface area contributed by atoms with Gasteiger partial charge in [0.1, 0.15) is 0 Å². The van der Waals surface area contributed by atoms with Gasteiger partial charge in [-0.25, -0.2) is 4.98 Å². The Labute approximate surface area is 76.1 Å². The highest BCUT2D eigenvalue weighted by Crippen LogP contribution is 2.20. The van der Waals surface area contributed by atoms with E-state index >= 15 is 0 Å². The van der Waals surface area contributed by atoms with Gasteiger partial charge >= 0.3 is 0 Å². The lowest BCUT2D eigenvalue weighted by Gasteiger charge is -2.05. The molecule has 0 fully saturated rings. The molecule has 1 aromatic heterocycles. The van der Waals surface area contributed by atoms with Crippen molar-refractivity contribution >= 4 is 23.0 Å². The number of nitrogens with one attached hydrogen (secondary N) is 1. The minimum atomic E-state index is 0.269. The predicted octanol–water partition coefficient (Wildman–Crippen LogP) is 2.10. The summed E-state index contributed by atoms with van der Waals surface area (Å²) in [6.45, 7) is 1.90. The molecule has 0 unspecified atom stereocenters. The van der Waals surface area contributed by atoms with Crippen molar-refractivity contribution in [2.45, 2.75) is 13.3 Å². The quantitative estimate of drug-likeness (QED) is 0.545. The Morgan fingerprint density at radius 2 is 2.42 bits per heavy atom. The molecule has 0 atom stereocenters. The van der Waals surface area contributed by atoms with Crippen LogP contribution in [0.4, 0.5) is 5.69 Å². The Balaban J connectivity index is 3.16. The first kappa shape index (κ1) is 9.00. The lowest BCUT2D eigenvalue weighted by atomic mass is 10.1. The molecule has 0 aliphatic heterocycles. The Morgan fingerprint density at radius 1 is 1.75 bits per heavy atom. The molecular formula is C8H10ClN3. The van der Waals surface area contributed by atoms with Crippen LogP contribution in [-0.2, 0) is 0 Å². The molecule has 0 aromatic carbocycles. The van der Waals surface area contributed by atoms with Crippen molar-refractivity contribution in [2.24, 2.45) is 0 Å². The van der Waals surface area contributed by atoms with Gasteiger partial charge in [0.05, 0.1) is 5.69 Å². The van der Waals surface area contributed by atoms with Crippen molar-refractivity contribution in [3.8, 4) is 0 Å². The zero-order valence-electron chi connectivity index (χ0n) is 6.76. The average Bonchev–Trinajstić information content (AvgIpc) is 2.08. The number of nitrogen functional groups attached to an aromatic ring is 1. The molecule has 3 nitrogen and oxygen atoms in total. The van der Waals surface area contributed by atoms with E-state index in [4.69, 9.17) is 22.7 Å². The number of nitrogens with zero attached hydrogens (tertiary/aromatic N) is 1. The number of rotatable bonds is 2.